The first-order chi connectivity index (χ1) is 14.5. The number of carbonyl (C=O) groups excluding carboxylic acids is 1. The second-order valence-electron chi connectivity index (χ2n) is 7.41. The van der Waals surface area contributed by atoms with E-state index in [1.165, 1.54) is 0 Å². The molecule has 3 N–H and O–H groups in total. The van der Waals surface area contributed by atoms with E-state index in [2.05, 4.69) is 15.7 Å². The van der Waals surface area contributed by atoms with Gasteiger partial charge in [0.2, 0.25) is 5.91 Å². The SMILES string of the molecule is Cc1ccc(C)n1NC(=O)CC(CNc1ccc(Cl)cc1)c1nc2ccccc2[nH]1. The zero-order chi connectivity index (χ0) is 21.1. The van der Waals surface area contributed by atoms with E-state index < -0.39 is 0 Å². The minimum atomic E-state index is -0.135. The molecule has 154 valence electrons. The Morgan fingerprint density at radius 1 is 1.07 bits per heavy atom. The third kappa shape index (κ3) is 4.49. The van der Waals surface area contributed by atoms with Crippen LogP contribution in [0.15, 0.2) is 60.7 Å². The van der Waals surface area contributed by atoms with Crippen molar-refractivity contribution >= 4 is 34.2 Å². The maximum absolute atomic E-state index is 12.9. The molecule has 0 saturated heterocycles. The van der Waals surface area contributed by atoms with E-state index in [1.54, 1.807) is 0 Å². The molecule has 30 heavy (non-hydrogen) atoms. The normalized spacial score (nSPS) is 12.1. The molecule has 0 bridgehead atoms. The molecule has 1 atom stereocenters. The van der Waals surface area contributed by atoms with Crippen LogP contribution in [0.4, 0.5) is 5.69 Å². The van der Waals surface area contributed by atoms with Crippen molar-refractivity contribution in [1.29, 1.82) is 0 Å². The first-order valence-corrected chi connectivity index (χ1v) is 10.3. The minimum Gasteiger partial charge on any atom is -0.384 e. The number of H-pyrrole nitrogens is 1. The van der Waals surface area contributed by atoms with Crippen molar-refractivity contribution in [2.45, 2.75) is 26.2 Å². The van der Waals surface area contributed by atoms with Crippen molar-refractivity contribution in [1.82, 2.24) is 14.6 Å². The Labute approximate surface area is 180 Å². The highest BCUT2D eigenvalue weighted by Crippen LogP contribution is 2.23. The number of anilines is 1. The molecule has 0 fully saturated rings. The number of imidazole rings is 1. The van der Waals surface area contributed by atoms with E-state index in [0.29, 0.717) is 11.6 Å². The number of para-hydroxylation sites is 2. The maximum atomic E-state index is 12.9. The molecule has 0 aliphatic rings. The fraction of sp³-hybridized carbons (Fsp3) is 0.217. The van der Waals surface area contributed by atoms with Gasteiger partial charge in [-0.05, 0) is 62.4 Å². The number of hydrogen-bond donors (Lipinski definition) is 3. The zero-order valence-electron chi connectivity index (χ0n) is 16.9. The number of aryl methyl sites for hydroxylation is 2. The van der Waals surface area contributed by atoms with Crippen molar-refractivity contribution in [3.8, 4) is 0 Å². The lowest BCUT2D eigenvalue weighted by atomic mass is 10.0. The molecule has 1 unspecified atom stereocenters. The molecule has 0 aliphatic carbocycles. The molecule has 1 amide bonds. The highest BCUT2D eigenvalue weighted by atomic mass is 35.5. The Morgan fingerprint density at radius 3 is 2.47 bits per heavy atom. The molecule has 7 heteroatoms. The van der Waals surface area contributed by atoms with Gasteiger partial charge in [0.25, 0.3) is 0 Å². The molecule has 2 aromatic carbocycles. The van der Waals surface area contributed by atoms with Crippen molar-refractivity contribution in [2.75, 3.05) is 17.3 Å². The van der Waals surface area contributed by atoms with Crippen molar-refractivity contribution in [2.24, 2.45) is 0 Å². The topological polar surface area (TPSA) is 74.7 Å². The number of rotatable bonds is 7. The van der Waals surface area contributed by atoms with Crippen LogP contribution in [0.1, 0.15) is 29.6 Å². The Hall–Kier alpha value is -3.25. The van der Waals surface area contributed by atoms with Gasteiger partial charge in [-0.1, -0.05) is 23.7 Å². The van der Waals surface area contributed by atoms with E-state index in [9.17, 15) is 4.79 Å². The summed E-state index contributed by atoms with van der Waals surface area (Å²) < 4.78 is 1.81. The fourth-order valence-corrected chi connectivity index (χ4v) is 3.61. The second-order valence-corrected chi connectivity index (χ2v) is 7.85. The first-order valence-electron chi connectivity index (χ1n) is 9.88. The number of nitrogens with zero attached hydrogens (tertiary/aromatic N) is 2. The summed E-state index contributed by atoms with van der Waals surface area (Å²) in [6.45, 7) is 4.48. The zero-order valence-corrected chi connectivity index (χ0v) is 17.7. The van der Waals surface area contributed by atoms with Gasteiger partial charge in [-0.3, -0.25) is 14.9 Å². The number of aromatic nitrogens is 3. The lowest BCUT2D eigenvalue weighted by Crippen LogP contribution is -2.28. The number of carbonyl (C=O) groups is 1. The third-order valence-corrected chi connectivity index (χ3v) is 5.38. The van der Waals surface area contributed by atoms with Crippen molar-refractivity contribution < 1.29 is 4.79 Å². The molecule has 2 heterocycles. The molecule has 4 rings (SSSR count). The van der Waals surface area contributed by atoms with Crippen molar-refractivity contribution in [3.63, 3.8) is 0 Å². The van der Waals surface area contributed by atoms with Crippen molar-refractivity contribution in [3.05, 3.63) is 82.9 Å². The predicted octanol–water partition coefficient (Wildman–Crippen LogP) is 4.99. The average molecular weight is 422 g/mol. The smallest absolute Gasteiger partial charge is 0.239 e. The molecule has 6 nitrogen and oxygen atoms in total. The van der Waals surface area contributed by atoms with Gasteiger partial charge in [0.1, 0.15) is 5.82 Å². The van der Waals surface area contributed by atoms with Crippen LogP contribution in [0, 0.1) is 13.8 Å². The van der Waals surface area contributed by atoms with Gasteiger partial charge in [-0.2, -0.15) is 0 Å². The van der Waals surface area contributed by atoms with Gasteiger partial charge in [0, 0.05) is 41.0 Å². The van der Waals surface area contributed by atoms with Gasteiger partial charge >= 0.3 is 0 Å². The summed E-state index contributed by atoms with van der Waals surface area (Å²) in [4.78, 5) is 20.9. The number of hydrogen-bond acceptors (Lipinski definition) is 3. The number of nitrogens with one attached hydrogen (secondary N) is 3. The quantitative estimate of drug-likeness (QED) is 0.393. The number of fused-ring (bicyclic) bond motifs is 1. The predicted molar refractivity (Wildman–Crippen MR) is 122 cm³/mol. The van der Waals surface area contributed by atoms with Gasteiger partial charge in [0.15, 0.2) is 0 Å². The number of halogens is 1. The average Bonchev–Trinajstić information content (AvgIpc) is 3.31. The standard InChI is InChI=1S/C23H24ClN5O/c1-15-7-8-16(2)29(15)28-22(30)13-17(14-25-19-11-9-18(24)10-12-19)23-26-20-5-3-4-6-21(20)27-23/h3-12,17,25H,13-14H2,1-2H3,(H,26,27)(H,28,30). The summed E-state index contributed by atoms with van der Waals surface area (Å²) in [5.74, 6) is 0.582. The monoisotopic (exact) mass is 421 g/mol. The molecular weight excluding hydrogens is 398 g/mol. The Morgan fingerprint density at radius 2 is 1.77 bits per heavy atom. The number of aromatic amines is 1. The molecule has 0 aliphatic heterocycles. The Kier molecular flexibility index (Phi) is 5.77. The van der Waals surface area contributed by atoms with Gasteiger partial charge in [-0.25, -0.2) is 4.98 Å². The largest absolute Gasteiger partial charge is 0.384 e. The molecule has 0 radical (unpaired) electrons. The van der Waals surface area contributed by atoms with E-state index in [1.807, 2.05) is 79.2 Å². The summed E-state index contributed by atoms with van der Waals surface area (Å²) in [5, 5.41) is 4.08. The van der Waals surface area contributed by atoms with E-state index in [-0.39, 0.29) is 18.2 Å². The van der Waals surface area contributed by atoms with Crippen LogP contribution in [-0.4, -0.2) is 27.1 Å². The second kappa shape index (κ2) is 8.63. The van der Waals surface area contributed by atoms with E-state index in [4.69, 9.17) is 16.6 Å². The van der Waals surface area contributed by atoms with Crippen LogP contribution in [0.5, 0.6) is 0 Å². The minimum absolute atomic E-state index is 0.0687. The van der Waals surface area contributed by atoms with Crippen LogP contribution in [-0.2, 0) is 4.79 Å². The van der Waals surface area contributed by atoms with Crippen LogP contribution < -0.4 is 10.7 Å². The lowest BCUT2D eigenvalue weighted by Gasteiger charge is -2.18. The fourth-order valence-electron chi connectivity index (χ4n) is 3.48. The van der Waals surface area contributed by atoms with Crippen LogP contribution >= 0.6 is 11.6 Å². The molecule has 0 saturated carbocycles. The summed E-state index contributed by atoms with van der Waals surface area (Å²) in [5.41, 5.74) is 7.75. The Bertz CT molecular complexity index is 1110. The molecule has 2 aromatic heterocycles. The summed E-state index contributed by atoms with van der Waals surface area (Å²) in [6.07, 6.45) is 0.289. The number of benzene rings is 2. The molecular formula is C23H24ClN5O. The highest BCUT2D eigenvalue weighted by molar-refractivity contribution is 6.30. The highest BCUT2D eigenvalue weighted by Gasteiger charge is 2.20. The van der Waals surface area contributed by atoms with E-state index >= 15 is 0 Å². The summed E-state index contributed by atoms with van der Waals surface area (Å²) >= 11 is 5.98. The van der Waals surface area contributed by atoms with E-state index in [0.717, 1.165) is 33.9 Å². The van der Waals surface area contributed by atoms with Crippen LogP contribution in [0.3, 0.4) is 0 Å². The maximum Gasteiger partial charge on any atom is 0.239 e. The van der Waals surface area contributed by atoms with Crippen LogP contribution in [0.2, 0.25) is 5.02 Å². The number of amides is 1. The summed E-state index contributed by atoms with van der Waals surface area (Å²) in [7, 11) is 0. The van der Waals surface area contributed by atoms with Crippen LogP contribution in [0.25, 0.3) is 11.0 Å². The van der Waals surface area contributed by atoms with Gasteiger partial charge < -0.3 is 10.3 Å². The lowest BCUT2D eigenvalue weighted by molar-refractivity contribution is -0.117. The Balaban J connectivity index is 1.54. The first kappa shape index (κ1) is 20.0. The summed E-state index contributed by atoms with van der Waals surface area (Å²) in [6, 6.07) is 19.4. The molecule has 4 aromatic rings. The molecule has 0 spiro atoms. The van der Waals surface area contributed by atoms with Gasteiger partial charge in [0.05, 0.1) is 11.0 Å². The van der Waals surface area contributed by atoms with Gasteiger partial charge in [-0.15, -0.1) is 0 Å². The third-order valence-electron chi connectivity index (χ3n) is 5.13.